The zero-order valence-corrected chi connectivity index (χ0v) is 14.1. The van der Waals surface area contributed by atoms with Crippen LogP contribution in [0.2, 0.25) is 0 Å². The molecule has 0 atom stereocenters. The summed E-state index contributed by atoms with van der Waals surface area (Å²) in [6.07, 6.45) is 0. The van der Waals surface area contributed by atoms with Crippen molar-refractivity contribution in [3.05, 3.63) is 54.6 Å². The molecule has 2 aromatic carbocycles. The Morgan fingerprint density at radius 2 is 1.62 bits per heavy atom. The number of para-hydroxylation sites is 1. The summed E-state index contributed by atoms with van der Waals surface area (Å²) in [7, 11) is 0. The van der Waals surface area contributed by atoms with Crippen molar-refractivity contribution in [2.45, 2.75) is 0 Å². The van der Waals surface area contributed by atoms with E-state index in [1.807, 2.05) is 54.6 Å². The SMILES string of the molecule is O=C(CN1CCNCC1)Nc1ccc(Oc2ccccc2)cc1.[Cl-]. The molecular formula is C18H21ClN3O2-. The van der Waals surface area contributed by atoms with Crippen molar-refractivity contribution in [2.75, 3.05) is 38.0 Å². The summed E-state index contributed by atoms with van der Waals surface area (Å²) in [5.41, 5.74) is 0.783. The number of hydrogen-bond acceptors (Lipinski definition) is 4. The number of rotatable bonds is 5. The van der Waals surface area contributed by atoms with Gasteiger partial charge in [0.25, 0.3) is 0 Å². The molecule has 24 heavy (non-hydrogen) atoms. The Morgan fingerprint density at radius 3 is 2.29 bits per heavy atom. The van der Waals surface area contributed by atoms with Gasteiger partial charge >= 0.3 is 0 Å². The molecule has 0 radical (unpaired) electrons. The van der Waals surface area contributed by atoms with Crippen LogP contribution in [0.3, 0.4) is 0 Å². The van der Waals surface area contributed by atoms with Crippen LogP contribution in [0.15, 0.2) is 54.6 Å². The molecule has 1 fully saturated rings. The van der Waals surface area contributed by atoms with Crippen LogP contribution in [0.4, 0.5) is 5.69 Å². The van der Waals surface area contributed by atoms with Gasteiger partial charge in [0.05, 0.1) is 6.54 Å². The van der Waals surface area contributed by atoms with E-state index in [4.69, 9.17) is 4.74 Å². The Hall–Kier alpha value is -2.08. The summed E-state index contributed by atoms with van der Waals surface area (Å²) in [4.78, 5) is 14.2. The average Bonchev–Trinajstić information content (AvgIpc) is 2.58. The van der Waals surface area contributed by atoms with Gasteiger partial charge in [-0.2, -0.15) is 0 Å². The highest BCUT2D eigenvalue weighted by Gasteiger charge is 2.13. The maximum Gasteiger partial charge on any atom is 0.238 e. The fraction of sp³-hybridized carbons (Fsp3) is 0.278. The normalized spacial score (nSPS) is 14.5. The van der Waals surface area contributed by atoms with Crippen molar-refractivity contribution in [3.63, 3.8) is 0 Å². The molecule has 2 N–H and O–H groups in total. The van der Waals surface area contributed by atoms with E-state index < -0.39 is 0 Å². The summed E-state index contributed by atoms with van der Waals surface area (Å²) in [6, 6.07) is 17.0. The number of carbonyl (C=O) groups is 1. The molecule has 1 saturated heterocycles. The Balaban J connectivity index is 0.00000208. The molecular weight excluding hydrogens is 326 g/mol. The number of piperazine rings is 1. The maximum absolute atomic E-state index is 12.1. The first-order valence-electron chi connectivity index (χ1n) is 7.85. The molecule has 128 valence electrons. The van der Waals surface area contributed by atoms with Crippen LogP contribution >= 0.6 is 0 Å². The van der Waals surface area contributed by atoms with Gasteiger partial charge in [-0.1, -0.05) is 18.2 Å². The second kappa shape index (κ2) is 9.27. The van der Waals surface area contributed by atoms with Crippen LogP contribution in [0.25, 0.3) is 0 Å². The van der Waals surface area contributed by atoms with E-state index in [1.165, 1.54) is 0 Å². The predicted molar refractivity (Wildman–Crippen MR) is 90.9 cm³/mol. The van der Waals surface area contributed by atoms with E-state index in [1.54, 1.807) is 0 Å². The molecule has 3 rings (SSSR count). The first kappa shape index (κ1) is 18.3. The lowest BCUT2D eigenvalue weighted by Gasteiger charge is -2.26. The Kier molecular flexibility index (Phi) is 7.06. The van der Waals surface area contributed by atoms with E-state index in [0.29, 0.717) is 6.54 Å². The largest absolute Gasteiger partial charge is 1.00 e. The standard InChI is InChI=1S/C18H21N3O2.ClH/c22-18(14-21-12-10-19-11-13-21)20-15-6-8-17(9-7-15)23-16-4-2-1-3-5-16;/h1-9,19H,10-14H2,(H,20,22);1H/p-1. The monoisotopic (exact) mass is 346 g/mol. The van der Waals surface area contributed by atoms with Gasteiger partial charge in [-0.3, -0.25) is 9.69 Å². The summed E-state index contributed by atoms with van der Waals surface area (Å²) in [5, 5.41) is 6.20. The number of nitrogens with zero attached hydrogens (tertiary/aromatic N) is 1. The zero-order valence-electron chi connectivity index (χ0n) is 13.4. The van der Waals surface area contributed by atoms with Gasteiger partial charge in [-0.15, -0.1) is 0 Å². The highest BCUT2D eigenvalue weighted by atomic mass is 35.5. The fourth-order valence-corrected chi connectivity index (χ4v) is 2.50. The lowest BCUT2D eigenvalue weighted by Crippen LogP contribution is -3.00. The van der Waals surface area contributed by atoms with Crippen LogP contribution in [-0.2, 0) is 4.79 Å². The third-order valence-corrected chi connectivity index (χ3v) is 3.69. The number of hydrogen-bond donors (Lipinski definition) is 2. The minimum Gasteiger partial charge on any atom is -1.00 e. The number of carbonyl (C=O) groups excluding carboxylic acids is 1. The summed E-state index contributed by atoms with van der Waals surface area (Å²) >= 11 is 0. The molecule has 1 aliphatic heterocycles. The molecule has 1 aliphatic rings. The third-order valence-electron chi connectivity index (χ3n) is 3.69. The van der Waals surface area contributed by atoms with Gasteiger partial charge in [0.15, 0.2) is 0 Å². The minimum absolute atomic E-state index is 0. The van der Waals surface area contributed by atoms with Crippen LogP contribution in [-0.4, -0.2) is 43.5 Å². The Labute approximate surface area is 148 Å². The molecule has 0 saturated carbocycles. The molecule has 6 heteroatoms. The van der Waals surface area contributed by atoms with Gasteiger partial charge in [0.1, 0.15) is 11.5 Å². The van der Waals surface area contributed by atoms with Gasteiger partial charge in [0.2, 0.25) is 5.91 Å². The van der Waals surface area contributed by atoms with Gasteiger partial charge in [-0.25, -0.2) is 0 Å². The minimum atomic E-state index is 0. The van der Waals surface area contributed by atoms with Crippen molar-refractivity contribution in [2.24, 2.45) is 0 Å². The van der Waals surface area contributed by atoms with Gasteiger partial charge in [0, 0.05) is 31.9 Å². The van der Waals surface area contributed by atoms with Crippen molar-refractivity contribution < 1.29 is 21.9 Å². The van der Waals surface area contributed by atoms with Gasteiger partial charge in [-0.05, 0) is 36.4 Å². The van der Waals surface area contributed by atoms with Crippen molar-refractivity contribution in [1.29, 1.82) is 0 Å². The smallest absolute Gasteiger partial charge is 0.238 e. The Morgan fingerprint density at radius 1 is 1.00 bits per heavy atom. The molecule has 0 aromatic heterocycles. The van der Waals surface area contributed by atoms with E-state index in [0.717, 1.165) is 43.4 Å². The third kappa shape index (κ3) is 5.53. The maximum atomic E-state index is 12.1. The second-order valence-corrected chi connectivity index (χ2v) is 5.51. The van der Waals surface area contributed by atoms with Crippen molar-refractivity contribution in [1.82, 2.24) is 10.2 Å². The molecule has 0 aliphatic carbocycles. The molecule has 1 heterocycles. The van der Waals surface area contributed by atoms with Crippen molar-refractivity contribution in [3.8, 4) is 11.5 Å². The number of halogens is 1. The van der Waals surface area contributed by atoms with E-state index >= 15 is 0 Å². The molecule has 5 nitrogen and oxygen atoms in total. The molecule has 0 bridgehead atoms. The molecule has 0 spiro atoms. The van der Waals surface area contributed by atoms with E-state index in [-0.39, 0.29) is 18.3 Å². The van der Waals surface area contributed by atoms with Crippen LogP contribution < -0.4 is 27.8 Å². The lowest BCUT2D eigenvalue weighted by molar-refractivity contribution is -0.117. The second-order valence-electron chi connectivity index (χ2n) is 5.51. The number of benzene rings is 2. The summed E-state index contributed by atoms with van der Waals surface area (Å²) in [6.45, 7) is 4.15. The molecule has 2 aromatic rings. The van der Waals surface area contributed by atoms with Crippen LogP contribution in [0.5, 0.6) is 11.5 Å². The highest BCUT2D eigenvalue weighted by molar-refractivity contribution is 5.92. The number of anilines is 1. The zero-order chi connectivity index (χ0) is 15.9. The van der Waals surface area contributed by atoms with Crippen molar-refractivity contribution >= 4 is 11.6 Å². The van der Waals surface area contributed by atoms with Crippen LogP contribution in [0, 0.1) is 0 Å². The lowest BCUT2D eigenvalue weighted by atomic mass is 10.3. The number of ether oxygens (including phenoxy) is 1. The van der Waals surface area contributed by atoms with E-state index in [9.17, 15) is 4.79 Å². The number of nitrogens with one attached hydrogen (secondary N) is 2. The molecule has 0 unspecified atom stereocenters. The fourth-order valence-electron chi connectivity index (χ4n) is 2.50. The molecule has 1 amide bonds. The topological polar surface area (TPSA) is 53.6 Å². The van der Waals surface area contributed by atoms with Crippen LogP contribution in [0.1, 0.15) is 0 Å². The van der Waals surface area contributed by atoms with Gasteiger partial charge < -0.3 is 27.8 Å². The Bertz CT molecular complexity index is 628. The predicted octanol–water partition coefficient (Wildman–Crippen LogP) is -0.673. The summed E-state index contributed by atoms with van der Waals surface area (Å²) < 4.78 is 5.73. The average molecular weight is 347 g/mol. The quantitative estimate of drug-likeness (QED) is 0.754. The van der Waals surface area contributed by atoms with E-state index in [2.05, 4.69) is 15.5 Å². The first-order chi connectivity index (χ1) is 11.3. The summed E-state index contributed by atoms with van der Waals surface area (Å²) in [5.74, 6) is 1.56. The highest BCUT2D eigenvalue weighted by Crippen LogP contribution is 2.22. The number of amides is 1. The first-order valence-corrected chi connectivity index (χ1v) is 7.85.